The lowest BCUT2D eigenvalue weighted by atomic mass is 9.90. The second kappa shape index (κ2) is 10.6. The summed E-state index contributed by atoms with van der Waals surface area (Å²) in [6.07, 6.45) is 6.47. The number of pyridine rings is 1. The molecular weight excluding hydrogens is 457 g/mol. The third-order valence-electron chi connectivity index (χ3n) is 5.82. The van der Waals surface area contributed by atoms with E-state index in [1.54, 1.807) is 0 Å². The van der Waals surface area contributed by atoms with Gasteiger partial charge in [-0.3, -0.25) is 4.98 Å². The zero-order valence-corrected chi connectivity index (χ0v) is 19.4. The maximum atomic E-state index is 6.10. The predicted molar refractivity (Wildman–Crippen MR) is 130 cm³/mol. The molecule has 1 aliphatic carbocycles. The van der Waals surface area contributed by atoms with Crippen molar-refractivity contribution in [3.05, 3.63) is 59.2 Å². The number of rotatable bonds is 5. The number of benzene rings is 2. The van der Waals surface area contributed by atoms with E-state index in [-0.39, 0.29) is 24.8 Å². The summed E-state index contributed by atoms with van der Waals surface area (Å²) in [5, 5.41) is 9.27. The molecule has 2 N–H and O–H groups in total. The fraction of sp³-hybridized carbons (Fsp3) is 0.348. The van der Waals surface area contributed by atoms with Crippen molar-refractivity contribution in [2.24, 2.45) is 0 Å². The Kier molecular flexibility index (Phi) is 8.11. The van der Waals surface area contributed by atoms with Crippen molar-refractivity contribution in [2.45, 2.75) is 44.3 Å². The Morgan fingerprint density at radius 2 is 1.68 bits per heavy atom. The fourth-order valence-electron chi connectivity index (χ4n) is 4.22. The Morgan fingerprint density at radius 1 is 0.903 bits per heavy atom. The van der Waals surface area contributed by atoms with E-state index in [1.165, 1.54) is 5.56 Å². The van der Waals surface area contributed by atoms with Gasteiger partial charge in [0.25, 0.3) is 0 Å². The number of aromatic nitrogens is 1. The molecule has 0 atom stereocenters. The number of hydrogen-bond acceptors (Lipinski definition) is 5. The van der Waals surface area contributed by atoms with Crippen molar-refractivity contribution in [1.29, 1.82) is 0 Å². The van der Waals surface area contributed by atoms with Crippen LogP contribution in [0, 0.1) is 0 Å². The van der Waals surface area contributed by atoms with Crippen LogP contribution >= 0.6 is 36.4 Å². The minimum Gasteiger partial charge on any atom is -0.454 e. The first-order chi connectivity index (χ1) is 14.2. The number of fused-ring (bicyclic) bond motifs is 2. The van der Waals surface area contributed by atoms with Gasteiger partial charge in [-0.1, -0.05) is 17.7 Å². The monoisotopic (exact) mass is 481 g/mol. The number of anilines is 1. The van der Waals surface area contributed by atoms with Crippen LogP contribution < -0.4 is 20.1 Å². The number of halogens is 3. The average Bonchev–Trinajstić information content (AvgIpc) is 3.21. The number of hydrogen-bond donors (Lipinski definition) is 2. The van der Waals surface area contributed by atoms with Crippen LogP contribution in [0.1, 0.15) is 31.2 Å². The molecule has 0 bridgehead atoms. The molecule has 1 fully saturated rings. The lowest BCUT2D eigenvalue weighted by Crippen LogP contribution is -2.36. The molecule has 8 heteroatoms. The van der Waals surface area contributed by atoms with Crippen molar-refractivity contribution in [1.82, 2.24) is 10.3 Å². The first-order valence-electron chi connectivity index (χ1n) is 10.2. The third kappa shape index (κ3) is 5.47. The molecule has 2 aliphatic rings. The highest BCUT2D eigenvalue weighted by Crippen LogP contribution is 2.33. The van der Waals surface area contributed by atoms with Crippen molar-refractivity contribution in [2.75, 3.05) is 12.1 Å². The second-order valence-corrected chi connectivity index (χ2v) is 8.22. The summed E-state index contributed by atoms with van der Waals surface area (Å²) in [4.78, 5) is 4.43. The fourth-order valence-corrected chi connectivity index (χ4v) is 4.39. The van der Waals surface area contributed by atoms with E-state index in [0.29, 0.717) is 18.9 Å². The lowest BCUT2D eigenvalue weighted by Gasteiger charge is -2.30. The Morgan fingerprint density at radius 3 is 2.52 bits per heavy atom. The van der Waals surface area contributed by atoms with Crippen LogP contribution in [-0.4, -0.2) is 23.9 Å². The van der Waals surface area contributed by atoms with Crippen LogP contribution in [0.5, 0.6) is 11.5 Å². The zero-order chi connectivity index (χ0) is 19.6. The van der Waals surface area contributed by atoms with Gasteiger partial charge >= 0.3 is 0 Å². The average molecular weight is 483 g/mol. The molecule has 0 radical (unpaired) electrons. The van der Waals surface area contributed by atoms with E-state index in [0.717, 1.165) is 65.3 Å². The summed E-state index contributed by atoms with van der Waals surface area (Å²) < 4.78 is 10.8. The SMILES string of the molecule is Cl.Cl.Clc1ccc2c(N[C@H]3CC[C@H](NCc4ccc5c(c4)OCO5)CC3)ccnc2c1. The Hall–Kier alpha value is -1.92. The highest BCUT2D eigenvalue weighted by molar-refractivity contribution is 6.31. The molecular formula is C23H26Cl3N3O2. The molecule has 31 heavy (non-hydrogen) atoms. The molecule has 2 heterocycles. The number of nitrogens with zero attached hydrogens (tertiary/aromatic N) is 1. The maximum absolute atomic E-state index is 6.10. The first-order valence-corrected chi connectivity index (χ1v) is 10.5. The second-order valence-electron chi connectivity index (χ2n) is 7.78. The molecule has 166 valence electrons. The van der Waals surface area contributed by atoms with Gasteiger partial charge in [-0.15, -0.1) is 24.8 Å². The first kappa shape index (κ1) is 23.7. The van der Waals surface area contributed by atoms with Gasteiger partial charge in [-0.25, -0.2) is 0 Å². The molecule has 2 aromatic carbocycles. The van der Waals surface area contributed by atoms with Crippen LogP contribution in [0.4, 0.5) is 5.69 Å². The quantitative estimate of drug-likeness (QED) is 0.469. The van der Waals surface area contributed by atoms with Crippen molar-refractivity contribution < 1.29 is 9.47 Å². The molecule has 0 saturated heterocycles. The molecule has 0 amide bonds. The largest absolute Gasteiger partial charge is 0.454 e. The summed E-state index contributed by atoms with van der Waals surface area (Å²) in [6, 6.07) is 15.1. The molecule has 0 spiro atoms. The van der Waals surface area contributed by atoms with Gasteiger partial charge < -0.3 is 20.1 Å². The van der Waals surface area contributed by atoms with Gasteiger partial charge in [0.2, 0.25) is 6.79 Å². The van der Waals surface area contributed by atoms with Gasteiger partial charge in [0.1, 0.15) is 0 Å². The molecule has 3 aromatic rings. The lowest BCUT2D eigenvalue weighted by molar-refractivity contribution is 0.174. The van der Waals surface area contributed by atoms with Crippen LogP contribution in [0.3, 0.4) is 0 Å². The summed E-state index contributed by atoms with van der Waals surface area (Å²) >= 11 is 6.10. The zero-order valence-electron chi connectivity index (χ0n) is 17.0. The standard InChI is InChI=1S/C23H24ClN3O2.2ClH/c24-16-2-7-19-20(9-10-25-21(19)12-16)27-18-5-3-17(4-6-18)26-13-15-1-8-22-23(11-15)29-14-28-22;;/h1-2,7-12,17-18,26H,3-6,13-14H2,(H,25,27);2*1H/t17-,18-;;. The van der Waals surface area contributed by atoms with Gasteiger partial charge in [-0.2, -0.15) is 0 Å². The topological polar surface area (TPSA) is 55.4 Å². The maximum Gasteiger partial charge on any atom is 0.231 e. The Labute approximate surface area is 199 Å². The Bertz CT molecular complexity index is 1030. The highest BCUT2D eigenvalue weighted by Gasteiger charge is 2.21. The summed E-state index contributed by atoms with van der Waals surface area (Å²) in [5.74, 6) is 1.69. The van der Waals surface area contributed by atoms with E-state index in [1.807, 2.05) is 30.5 Å². The summed E-state index contributed by atoms with van der Waals surface area (Å²) in [6.45, 7) is 1.18. The predicted octanol–water partition coefficient (Wildman–Crippen LogP) is 5.97. The van der Waals surface area contributed by atoms with E-state index < -0.39 is 0 Å². The highest BCUT2D eigenvalue weighted by atomic mass is 35.5. The van der Waals surface area contributed by atoms with Gasteiger partial charge in [0, 0.05) is 40.9 Å². The van der Waals surface area contributed by atoms with Gasteiger partial charge in [0.05, 0.1) is 5.52 Å². The van der Waals surface area contributed by atoms with Gasteiger partial charge in [-0.05, 0) is 67.6 Å². The number of nitrogens with one attached hydrogen (secondary N) is 2. The van der Waals surface area contributed by atoms with E-state index >= 15 is 0 Å². The third-order valence-corrected chi connectivity index (χ3v) is 6.06. The smallest absolute Gasteiger partial charge is 0.231 e. The van der Waals surface area contributed by atoms with E-state index in [2.05, 4.69) is 33.8 Å². The molecule has 5 rings (SSSR count). The molecule has 1 saturated carbocycles. The Balaban J connectivity index is 0.00000136. The number of ether oxygens (including phenoxy) is 2. The molecule has 1 aliphatic heterocycles. The molecule has 5 nitrogen and oxygen atoms in total. The van der Waals surface area contributed by atoms with Crippen molar-refractivity contribution in [3.63, 3.8) is 0 Å². The molecule has 1 aromatic heterocycles. The summed E-state index contributed by atoms with van der Waals surface area (Å²) in [7, 11) is 0. The minimum atomic E-state index is 0. The van der Waals surface area contributed by atoms with Crippen molar-refractivity contribution >= 4 is 53.0 Å². The van der Waals surface area contributed by atoms with Gasteiger partial charge in [0.15, 0.2) is 11.5 Å². The van der Waals surface area contributed by atoms with Crippen molar-refractivity contribution in [3.8, 4) is 11.5 Å². The minimum absolute atomic E-state index is 0. The van der Waals surface area contributed by atoms with Crippen LogP contribution in [0.15, 0.2) is 48.7 Å². The van der Waals surface area contributed by atoms with E-state index in [9.17, 15) is 0 Å². The normalized spacial score (nSPS) is 19.4. The van der Waals surface area contributed by atoms with Crippen LogP contribution in [0.2, 0.25) is 5.02 Å². The summed E-state index contributed by atoms with van der Waals surface area (Å²) in [5.41, 5.74) is 3.31. The molecule has 0 unspecified atom stereocenters. The van der Waals surface area contributed by atoms with Crippen LogP contribution in [-0.2, 0) is 6.54 Å². The van der Waals surface area contributed by atoms with E-state index in [4.69, 9.17) is 21.1 Å². The van der Waals surface area contributed by atoms with Crippen LogP contribution in [0.25, 0.3) is 10.9 Å².